The van der Waals surface area contributed by atoms with Gasteiger partial charge in [-0.3, -0.25) is 14.5 Å². The van der Waals surface area contributed by atoms with Crippen molar-refractivity contribution in [2.75, 3.05) is 51.5 Å². The number of ether oxygens (including phenoxy) is 3. The second kappa shape index (κ2) is 14.6. The molecular weight excluding hydrogens is 472 g/mol. The van der Waals surface area contributed by atoms with Gasteiger partial charge in [-0.15, -0.1) is 0 Å². The molecule has 1 aliphatic carbocycles. The number of amides is 2. The molecular formula is C28H46N4O5. The Morgan fingerprint density at radius 2 is 1.97 bits per heavy atom. The summed E-state index contributed by atoms with van der Waals surface area (Å²) < 4.78 is 16.7. The minimum atomic E-state index is -0.283. The van der Waals surface area contributed by atoms with E-state index < -0.39 is 0 Å². The number of carbonyl (C=O) groups excluding carboxylic acids is 2. The Morgan fingerprint density at radius 1 is 1.22 bits per heavy atom. The standard InChI is InChI=1S/C28H46N4O5/c1-6-36-18-23(12-19(2)3)31-27(33)21-13-22(17-29-16-21)28(34)32(24-8-9-24)26-14-25(20(4)15-30-26)37-11-7-10-35-5/h14-15,19,21-24,29H,6-13,16-18H2,1-5H3,(H,31,33)/t21-,22?,23+/m0/s1. The van der Waals surface area contributed by atoms with E-state index in [-0.39, 0.29) is 35.7 Å². The number of hydrogen-bond acceptors (Lipinski definition) is 7. The Balaban J connectivity index is 1.66. The van der Waals surface area contributed by atoms with E-state index in [0.29, 0.717) is 57.7 Å². The first kappa shape index (κ1) is 29.3. The van der Waals surface area contributed by atoms with Crippen LogP contribution in [0.3, 0.4) is 0 Å². The molecule has 1 aromatic heterocycles. The summed E-state index contributed by atoms with van der Waals surface area (Å²) in [5.74, 6) is 1.30. The molecule has 2 N–H and O–H groups in total. The normalized spacial score (nSPS) is 20.5. The first-order chi connectivity index (χ1) is 17.8. The van der Waals surface area contributed by atoms with Crippen LogP contribution < -0.4 is 20.3 Å². The van der Waals surface area contributed by atoms with E-state index in [1.54, 1.807) is 13.3 Å². The summed E-state index contributed by atoms with van der Waals surface area (Å²) in [6, 6.07) is 2.01. The van der Waals surface area contributed by atoms with Crippen molar-refractivity contribution >= 4 is 17.6 Å². The predicted molar refractivity (Wildman–Crippen MR) is 144 cm³/mol. The van der Waals surface area contributed by atoms with Gasteiger partial charge in [-0.2, -0.15) is 0 Å². The molecule has 0 aromatic carbocycles. The molecule has 0 bridgehead atoms. The third-order valence-corrected chi connectivity index (χ3v) is 6.88. The van der Waals surface area contributed by atoms with Crippen molar-refractivity contribution in [1.29, 1.82) is 0 Å². The maximum atomic E-state index is 13.8. The average molecular weight is 519 g/mol. The summed E-state index contributed by atoms with van der Waals surface area (Å²) in [5.41, 5.74) is 0.934. The highest BCUT2D eigenvalue weighted by Gasteiger charge is 2.40. The van der Waals surface area contributed by atoms with E-state index in [1.165, 1.54) is 0 Å². The number of aromatic nitrogens is 1. The highest BCUT2D eigenvalue weighted by Crippen LogP contribution is 2.35. The SMILES string of the molecule is CCOC[C@@H](CC(C)C)NC(=O)[C@@H]1CNCC(C(=O)N(c2cc(OCCCOC)c(C)cn2)C2CC2)C1. The fourth-order valence-electron chi connectivity index (χ4n) is 4.82. The summed E-state index contributed by atoms with van der Waals surface area (Å²) in [4.78, 5) is 33.4. The molecule has 9 heteroatoms. The van der Waals surface area contributed by atoms with Crippen LogP contribution in [-0.2, 0) is 19.1 Å². The monoisotopic (exact) mass is 518 g/mol. The maximum Gasteiger partial charge on any atom is 0.232 e. The van der Waals surface area contributed by atoms with E-state index in [2.05, 4.69) is 29.5 Å². The molecule has 3 atom stereocenters. The molecule has 1 saturated heterocycles. The van der Waals surface area contributed by atoms with Crippen LogP contribution >= 0.6 is 0 Å². The Bertz CT molecular complexity index is 876. The quantitative estimate of drug-likeness (QED) is 0.344. The van der Waals surface area contributed by atoms with Crippen LogP contribution in [0.25, 0.3) is 0 Å². The molecule has 2 heterocycles. The van der Waals surface area contributed by atoms with Crippen molar-refractivity contribution in [3.8, 4) is 5.75 Å². The summed E-state index contributed by atoms with van der Waals surface area (Å²) in [7, 11) is 1.67. The zero-order valence-electron chi connectivity index (χ0n) is 23.3. The predicted octanol–water partition coefficient (Wildman–Crippen LogP) is 3.09. The summed E-state index contributed by atoms with van der Waals surface area (Å²) in [5, 5.41) is 6.52. The van der Waals surface area contributed by atoms with Crippen LogP contribution in [-0.4, -0.2) is 75.5 Å². The van der Waals surface area contributed by atoms with Crippen LogP contribution in [0.5, 0.6) is 5.75 Å². The highest BCUT2D eigenvalue weighted by atomic mass is 16.5. The number of pyridine rings is 1. The minimum Gasteiger partial charge on any atom is -0.493 e. The number of hydrogen-bond donors (Lipinski definition) is 2. The molecule has 3 rings (SSSR count). The van der Waals surface area contributed by atoms with E-state index in [1.807, 2.05) is 24.8 Å². The molecule has 1 aliphatic heterocycles. The lowest BCUT2D eigenvalue weighted by Gasteiger charge is -2.33. The maximum absolute atomic E-state index is 13.8. The number of piperidine rings is 1. The largest absolute Gasteiger partial charge is 0.493 e. The second-order valence-electron chi connectivity index (χ2n) is 10.7. The van der Waals surface area contributed by atoms with Crippen LogP contribution in [0.2, 0.25) is 0 Å². The first-order valence-electron chi connectivity index (χ1n) is 13.8. The fraction of sp³-hybridized carbons (Fsp3) is 0.750. The third-order valence-electron chi connectivity index (χ3n) is 6.88. The fourth-order valence-corrected chi connectivity index (χ4v) is 4.82. The molecule has 1 aromatic rings. The molecule has 2 fully saturated rings. The first-order valence-corrected chi connectivity index (χ1v) is 13.8. The topological polar surface area (TPSA) is 102 Å². The van der Waals surface area contributed by atoms with Crippen molar-refractivity contribution < 1.29 is 23.8 Å². The molecule has 208 valence electrons. The second-order valence-corrected chi connectivity index (χ2v) is 10.7. The molecule has 0 spiro atoms. The van der Waals surface area contributed by atoms with E-state index in [9.17, 15) is 9.59 Å². The smallest absolute Gasteiger partial charge is 0.232 e. The lowest BCUT2D eigenvalue weighted by molar-refractivity contribution is -0.129. The van der Waals surface area contributed by atoms with Crippen LogP contribution in [0.1, 0.15) is 58.4 Å². The van der Waals surface area contributed by atoms with Gasteiger partial charge in [0.2, 0.25) is 11.8 Å². The molecule has 2 aliphatic rings. The number of nitrogens with zero attached hydrogens (tertiary/aromatic N) is 2. The molecule has 2 amide bonds. The molecule has 0 radical (unpaired) electrons. The van der Waals surface area contributed by atoms with Crippen LogP contribution in [0.4, 0.5) is 5.82 Å². The Morgan fingerprint density at radius 3 is 2.65 bits per heavy atom. The number of methoxy groups -OCH3 is 1. The Kier molecular flexibility index (Phi) is 11.6. The Labute approximate surface area is 222 Å². The molecule has 1 saturated carbocycles. The van der Waals surface area contributed by atoms with Crippen molar-refractivity contribution in [3.63, 3.8) is 0 Å². The zero-order valence-corrected chi connectivity index (χ0v) is 23.3. The van der Waals surface area contributed by atoms with Gasteiger partial charge >= 0.3 is 0 Å². The lowest BCUT2D eigenvalue weighted by Crippen LogP contribution is -2.51. The van der Waals surface area contributed by atoms with Crippen molar-refractivity contribution in [3.05, 3.63) is 17.8 Å². The molecule has 37 heavy (non-hydrogen) atoms. The summed E-state index contributed by atoms with van der Waals surface area (Å²) in [6.07, 6.45) is 5.87. The van der Waals surface area contributed by atoms with Crippen LogP contribution in [0.15, 0.2) is 12.3 Å². The Hall–Kier alpha value is -2.23. The van der Waals surface area contributed by atoms with Gasteiger partial charge in [0.25, 0.3) is 0 Å². The molecule has 1 unspecified atom stereocenters. The highest BCUT2D eigenvalue weighted by molar-refractivity contribution is 5.96. The third kappa shape index (κ3) is 8.93. The number of carbonyl (C=O) groups is 2. The average Bonchev–Trinajstić information content (AvgIpc) is 3.71. The number of anilines is 1. The summed E-state index contributed by atoms with van der Waals surface area (Å²) >= 11 is 0. The van der Waals surface area contributed by atoms with Gasteiger partial charge < -0.3 is 24.8 Å². The molecule has 9 nitrogen and oxygen atoms in total. The van der Waals surface area contributed by atoms with Gasteiger partial charge in [0.05, 0.1) is 31.1 Å². The van der Waals surface area contributed by atoms with Gasteiger partial charge in [0.15, 0.2) is 0 Å². The minimum absolute atomic E-state index is 0.00599. The zero-order chi connectivity index (χ0) is 26.8. The van der Waals surface area contributed by atoms with Gasteiger partial charge in [0, 0.05) is 63.7 Å². The van der Waals surface area contributed by atoms with E-state index in [0.717, 1.165) is 37.0 Å². The number of rotatable bonds is 15. The van der Waals surface area contributed by atoms with Gasteiger partial charge in [-0.05, 0) is 45.4 Å². The van der Waals surface area contributed by atoms with Crippen LogP contribution in [0, 0.1) is 24.7 Å². The number of aryl methyl sites for hydroxylation is 1. The van der Waals surface area contributed by atoms with E-state index in [4.69, 9.17) is 14.2 Å². The van der Waals surface area contributed by atoms with Crippen molar-refractivity contribution in [2.24, 2.45) is 17.8 Å². The van der Waals surface area contributed by atoms with Gasteiger partial charge in [-0.25, -0.2) is 4.98 Å². The summed E-state index contributed by atoms with van der Waals surface area (Å²) in [6.45, 7) is 11.6. The van der Waals surface area contributed by atoms with Crippen molar-refractivity contribution in [1.82, 2.24) is 15.6 Å². The number of nitrogens with one attached hydrogen (secondary N) is 2. The van der Waals surface area contributed by atoms with Gasteiger partial charge in [0.1, 0.15) is 11.6 Å². The van der Waals surface area contributed by atoms with Gasteiger partial charge in [-0.1, -0.05) is 13.8 Å². The van der Waals surface area contributed by atoms with Crippen molar-refractivity contribution in [2.45, 2.75) is 71.9 Å². The lowest BCUT2D eigenvalue weighted by atomic mass is 9.88. The van der Waals surface area contributed by atoms with E-state index >= 15 is 0 Å².